The van der Waals surface area contributed by atoms with E-state index in [0.717, 1.165) is 31.6 Å². The fourth-order valence-electron chi connectivity index (χ4n) is 3.83. The molecule has 2 aromatic heterocycles. The molecule has 0 radical (unpaired) electrons. The highest BCUT2D eigenvalue weighted by Crippen LogP contribution is 2.28. The number of likely N-dealkylation sites (tertiary alicyclic amines) is 1. The van der Waals surface area contributed by atoms with Crippen LogP contribution in [0.4, 0.5) is 0 Å². The molecule has 4 nitrogen and oxygen atoms in total. The van der Waals surface area contributed by atoms with Crippen molar-refractivity contribution in [1.29, 1.82) is 0 Å². The minimum absolute atomic E-state index is 0.758. The van der Waals surface area contributed by atoms with Crippen molar-refractivity contribution < 1.29 is 4.74 Å². The van der Waals surface area contributed by atoms with E-state index in [1.165, 1.54) is 42.5 Å². The normalized spacial score (nSPS) is 21.8. The zero-order valence-corrected chi connectivity index (χ0v) is 12.7. The molecule has 4 heteroatoms. The van der Waals surface area contributed by atoms with Gasteiger partial charge >= 0.3 is 0 Å². The van der Waals surface area contributed by atoms with Crippen molar-refractivity contribution in [1.82, 2.24) is 14.5 Å². The van der Waals surface area contributed by atoms with Gasteiger partial charge in [0.2, 0.25) is 0 Å². The van der Waals surface area contributed by atoms with E-state index in [-0.39, 0.29) is 0 Å². The zero-order valence-electron chi connectivity index (χ0n) is 12.7. The van der Waals surface area contributed by atoms with Gasteiger partial charge in [0.15, 0.2) is 0 Å². The molecule has 2 saturated heterocycles. The lowest BCUT2D eigenvalue weighted by Crippen LogP contribution is -2.54. The first kappa shape index (κ1) is 13.3. The predicted molar refractivity (Wildman–Crippen MR) is 83.3 cm³/mol. The van der Waals surface area contributed by atoms with Crippen LogP contribution in [0.15, 0.2) is 24.5 Å². The molecule has 2 aliphatic rings. The maximum absolute atomic E-state index is 5.45. The molecule has 2 aromatic rings. The summed E-state index contributed by atoms with van der Waals surface area (Å²) < 4.78 is 7.65. The highest BCUT2D eigenvalue weighted by atomic mass is 16.5. The monoisotopic (exact) mass is 285 g/mol. The van der Waals surface area contributed by atoms with Gasteiger partial charge in [0.05, 0.1) is 11.2 Å². The molecule has 0 bridgehead atoms. The second-order valence-corrected chi connectivity index (χ2v) is 6.49. The molecule has 4 heterocycles. The van der Waals surface area contributed by atoms with Crippen LogP contribution >= 0.6 is 0 Å². The van der Waals surface area contributed by atoms with Gasteiger partial charge in [-0.3, -0.25) is 9.88 Å². The van der Waals surface area contributed by atoms with Crippen molar-refractivity contribution in [3.8, 4) is 0 Å². The van der Waals surface area contributed by atoms with Gasteiger partial charge in [-0.2, -0.15) is 0 Å². The van der Waals surface area contributed by atoms with Gasteiger partial charge in [-0.25, -0.2) is 0 Å². The number of hydrogen-bond acceptors (Lipinski definition) is 3. The van der Waals surface area contributed by atoms with Gasteiger partial charge < -0.3 is 9.30 Å². The quantitative estimate of drug-likeness (QED) is 0.866. The Bertz CT molecular complexity index is 624. The molecule has 0 aliphatic carbocycles. The number of rotatable bonds is 3. The minimum Gasteiger partial charge on any atom is -0.381 e. The van der Waals surface area contributed by atoms with Crippen LogP contribution in [0.25, 0.3) is 10.9 Å². The molecule has 0 N–H and O–H groups in total. The molecule has 112 valence electrons. The number of hydrogen-bond donors (Lipinski definition) is 0. The standard InChI is InChI=1S/C17H23N3O/c1-19-7-3-14-2-6-18-16(17(14)19)10-13-11-20(12-13)15-4-8-21-9-5-15/h2-3,6-7,13,15H,4-5,8-12H2,1H3. The van der Waals surface area contributed by atoms with Crippen molar-refractivity contribution in [3.05, 3.63) is 30.2 Å². The summed E-state index contributed by atoms with van der Waals surface area (Å²) in [6.07, 6.45) is 7.60. The molecule has 0 aromatic carbocycles. The Hall–Kier alpha value is -1.39. The van der Waals surface area contributed by atoms with Gasteiger partial charge in [0.1, 0.15) is 0 Å². The van der Waals surface area contributed by atoms with Crippen molar-refractivity contribution in [2.75, 3.05) is 26.3 Å². The fourth-order valence-corrected chi connectivity index (χ4v) is 3.83. The first-order valence-electron chi connectivity index (χ1n) is 8.02. The van der Waals surface area contributed by atoms with Crippen LogP contribution < -0.4 is 0 Å². The van der Waals surface area contributed by atoms with Crippen molar-refractivity contribution in [3.63, 3.8) is 0 Å². The Labute approximate surface area is 125 Å². The molecule has 4 rings (SSSR count). The van der Waals surface area contributed by atoms with E-state index in [1.807, 2.05) is 6.20 Å². The highest BCUT2D eigenvalue weighted by Gasteiger charge is 2.33. The van der Waals surface area contributed by atoms with Crippen LogP contribution in [-0.4, -0.2) is 46.8 Å². The SMILES string of the molecule is Cn1ccc2ccnc(CC3CN(C4CCOCC4)C3)c21. The molecular weight excluding hydrogens is 262 g/mol. The second-order valence-electron chi connectivity index (χ2n) is 6.49. The first-order valence-corrected chi connectivity index (χ1v) is 8.02. The molecule has 0 atom stereocenters. The number of aryl methyl sites for hydroxylation is 1. The van der Waals surface area contributed by atoms with Crippen LogP contribution in [0.3, 0.4) is 0 Å². The highest BCUT2D eigenvalue weighted by molar-refractivity contribution is 5.81. The van der Waals surface area contributed by atoms with Crippen LogP contribution in [0.5, 0.6) is 0 Å². The Morgan fingerprint density at radius 3 is 2.86 bits per heavy atom. The predicted octanol–water partition coefficient (Wildman–Crippen LogP) is 2.23. The topological polar surface area (TPSA) is 30.3 Å². The molecule has 2 fully saturated rings. The molecule has 0 amide bonds. The van der Waals surface area contributed by atoms with E-state index < -0.39 is 0 Å². The summed E-state index contributed by atoms with van der Waals surface area (Å²) in [4.78, 5) is 7.28. The second kappa shape index (κ2) is 5.43. The Kier molecular flexibility index (Phi) is 3.43. The maximum atomic E-state index is 5.45. The Morgan fingerprint density at radius 1 is 1.24 bits per heavy atom. The molecule has 0 saturated carbocycles. The summed E-state index contributed by atoms with van der Waals surface area (Å²) in [6, 6.07) is 5.04. The molecule has 0 spiro atoms. The summed E-state index contributed by atoms with van der Waals surface area (Å²) in [5, 5.41) is 1.31. The smallest absolute Gasteiger partial charge is 0.0696 e. The molecule has 2 aliphatic heterocycles. The molecule has 21 heavy (non-hydrogen) atoms. The van der Waals surface area contributed by atoms with E-state index in [9.17, 15) is 0 Å². The fraction of sp³-hybridized carbons (Fsp3) is 0.588. The summed E-state index contributed by atoms with van der Waals surface area (Å²) in [5.74, 6) is 0.765. The minimum atomic E-state index is 0.758. The van der Waals surface area contributed by atoms with E-state index in [4.69, 9.17) is 4.74 Å². The van der Waals surface area contributed by atoms with Crippen LogP contribution in [-0.2, 0) is 18.2 Å². The van der Waals surface area contributed by atoms with Gasteiger partial charge in [0.25, 0.3) is 0 Å². The third kappa shape index (κ3) is 2.47. The summed E-state index contributed by atoms with van der Waals surface area (Å²) >= 11 is 0. The lowest BCUT2D eigenvalue weighted by atomic mass is 9.90. The van der Waals surface area contributed by atoms with E-state index in [0.29, 0.717) is 0 Å². The van der Waals surface area contributed by atoms with E-state index in [1.54, 1.807) is 0 Å². The van der Waals surface area contributed by atoms with Crippen LogP contribution in [0, 0.1) is 5.92 Å². The van der Waals surface area contributed by atoms with Crippen molar-refractivity contribution in [2.24, 2.45) is 13.0 Å². The zero-order chi connectivity index (χ0) is 14.2. The van der Waals surface area contributed by atoms with Crippen molar-refractivity contribution >= 4 is 10.9 Å². The number of fused-ring (bicyclic) bond motifs is 1. The number of ether oxygens (including phenoxy) is 1. The van der Waals surface area contributed by atoms with Gasteiger partial charge in [0, 0.05) is 57.2 Å². The summed E-state index contributed by atoms with van der Waals surface area (Å²) in [5.41, 5.74) is 2.57. The largest absolute Gasteiger partial charge is 0.381 e. The Morgan fingerprint density at radius 2 is 2.05 bits per heavy atom. The third-order valence-electron chi connectivity index (χ3n) is 5.04. The average molecular weight is 285 g/mol. The van der Waals surface area contributed by atoms with E-state index in [2.05, 4.69) is 39.8 Å². The molecular formula is C17H23N3O. The lowest BCUT2D eigenvalue weighted by Gasteiger charge is -2.45. The van der Waals surface area contributed by atoms with Gasteiger partial charge in [-0.15, -0.1) is 0 Å². The summed E-state index contributed by atoms with van der Waals surface area (Å²) in [6.45, 7) is 4.34. The van der Waals surface area contributed by atoms with Crippen LogP contribution in [0.1, 0.15) is 18.5 Å². The average Bonchev–Trinajstić information content (AvgIpc) is 2.86. The number of aromatic nitrogens is 2. The van der Waals surface area contributed by atoms with Crippen molar-refractivity contribution in [2.45, 2.75) is 25.3 Å². The Balaban J connectivity index is 1.42. The molecule has 0 unspecified atom stereocenters. The first-order chi connectivity index (χ1) is 10.3. The van der Waals surface area contributed by atoms with Crippen LogP contribution in [0.2, 0.25) is 0 Å². The number of pyridine rings is 1. The van der Waals surface area contributed by atoms with Gasteiger partial charge in [-0.1, -0.05) is 0 Å². The van der Waals surface area contributed by atoms with Gasteiger partial charge in [-0.05, 0) is 37.3 Å². The third-order valence-corrected chi connectivity index (χ3v) is 5.04. The van der Waals surface area contributed by atoms with E-state index >= 15 is 0 Å². The maximum Gasteiger partial charge on any atom is 0.0696 e. The summed E-state index contributed by atoms with van der Waals surface area (Å²) in [7, 11) is 2.11. The number of nitrogens with zero attached hydrogens (tertiary/aromatic N) is 3. The lowest BCUT2D eigenvalue weighted by molar-refractivity contribution is -0.0150.